The summed E-state index contributed by atoms with van der Waals surface area (Å²) in [6, 6.07) is 7.48. The van der Waals surface area contributed by atoms with E-state index >= 15 is 0 Å². The summed E-state index contributed by atoms with van der Waals surface area (Å²) in [6.45, 7) is 4.74. The monoisotopic (exact) mass is 408 g/mol. The van der Waals surface area contributed by atoms with Gasteiger partial charge in [-0.15, -0.1) is 0 Å². The van der Waals surface area contributed by atoms with Crippen LogP contribution in [-0.4, -0.2) is 38.8 Å². The predicted octanol–water partition coefficient (Wildman–Crippen LogP) is 2.77. The Labute approximate surface area is 174 Å². The van der Waals surface area contributed by atoms with Gasteiger partial charge in [0.25, 0.3) is 0 Å². The van der Waals surface area contributed by atoms with Crippen LogP contribution in [0.15, 0.2) is 43.0 Å². The number of amides is 1. The number of hydrogen-bond donors (Lipinski definition) is 2. The summed E-state index contributed by atoms with van der Waals surface area (Å²) < 4.78 is 12.5. The molecule has 0 fully saturated rings. The Morgan fingerprint density at radius 1 is 1.23 bits per heavy atom. The summed E-state index contributed by atoms with van der Waals surface area (Å²) in [6.07, 6.45) is 6.24. The standard InChI is InChI=1S/C21H24N6O3/c1-14-10-19(26-21(24-14)27-9-8-22-12-27)23-7-3-4-20(28)25-15(2)16-5-6-17-18(11-16)30-13-29-17/h5-6,8-12,15H,3-4,7,13H2,1-2H3,(H,25,28)(H,23,24,26). The molecule has 1 amide bonds. The topological polar surface area (TPSA) is 103 Å². The van der Waals surface area contributed by atoms with Crippen molar-refractivity contribution in [2.75, 3.05) is 18.7 Å². The molecule has 1 atom stereocenters. The van der Waals surface area contributed by atoms with E-state index in [-0.39, 0.29) is 18.7 Å². The highest BCUT2D eigenvalue weighted by Crippen LogP contribution is 2.34. The first-order chi connectivity index (χ1) is 14.6. The maximum absolute atomic E-state index is 12.3. The number of carbonyl (C=O) groups excluding carboxylic acids is 1. The number of anilines is 1. The van der Waals surface area contributed by atoms with Crippen molar-refractivity contribution in [2.24, 2.45) is 0 Å². The molecule has 2 aromatic heterocycles. The number of imidazole rings is 1. The van der Waals surface area contributed by atoms with Gasteiger partial charge < -0.3 is 20.1 Å². The lowest BCUT2D eigenvalue weighted by Gasteiger charge is -2.15. The van der Waals surface area contributed by atoms with Crippen LogP contribution in [0.25, 0.3) is 5.95 Å². The van der Waals surface area contributed by atoms with Crippen LogP contribution < -0.4 is 20.1 Å². The number of benzene rings is 1. The molecular weight excluding hydrogens is 384 g/mol. The minimum atomic E-state index is -0.109. The van der Waals surface area contributed by atoms with Gasteiger partial charge in [-0.2, -0.15) is 4.98 Å². The molecule has 0 spiro atoms. The van der Waals surface area contributed by atoms with Gasteiger partial charge >= 0.3 is 0 Å². The molecule has 9 heteroatoms. The zero-order valence-electron chi connectivity index (χ0n) is 17.0. The highest BCUT2D eigenvalue weighted by Gasteiger charge is 2.16. The highest BCUT2D eigenvalue weighted by molar-refractivity contribution is 5.76. The molecule has 0 saturated heterocycles. The lowest BCUT2D eigenvalue weighted by atomic mass is 10.1. The fourth-order valence-corrected chi connectivity index (χ4v) is 3.18. The third-order valence-electron chi connectivity index (χ3n) is 4.74. The normalized spacial score (nSPS) is 13.1. The van der Waals surface area contributed by atoms with Gasteiger partial charge in [0.2, 0.25) is 18.6 Å². The largest absolute Gasteiger partial charge is 0.454 e. The fraction of sp³-hybridized carbons (Fsp3) is 0.333. The SMILES string of the molecule is Cc1cc(NCCCC(=O)NC(C)c2ccc3c(c2)OCO3)nc(-n2ccnc2)n1. The van der Waals surface area contributed by atoms with E-state index in [0.717, 1.165) is 22.8 Å². The Morgan fingerprint density at radius 3 is 2.93 bits per heavy atom. The molecule has 30 heavy (non-hydrogen) atoms. The molecular formula is C21H24N6O3. The first-order valence-electron chi connectivity index (χ1n) is 9.85. The van der Waals surface area contributed by atoms with Crippen LogP contribution in [0.5, 0.6) is 11.5 Å². The van der Waals surface area contributed by atoms with Crippen molar-refractivity contribution in [3.8, 4) is 17.4 Å². The maximum Gasteiger partial charge on any atom is 0.237 e. The number of fused-ring (bicyclic) bond motifs is 1. The van der Waals surface area contributed by atoms with E-state index in [2.05, 4.69) is 25.6 Å². The molecule has 0 aliphatic carbocycles. The number of nitrogens with zero attached hydrogens (tertiary/aromatic N) is 4. The molecule has 0 radical (unpaired) electrons. The molecule has 1 aliphatic heterocycles. The van der Waals surface area contributed by atoms with Crippen LogP contribution in [0.2, 0.25) is 0 Å². The van der Waals surface area contributed by atoms with E-state index in [1.165, 1.54) is 0 Å². The second-order valence-corrected chi connectivity index (χ2v) is 7.10. The molecule has 1 aromatic carbocycles. The third-order valence-corrected chi connectivity index (χ3v) is 4.74. The minimum Gasteiger partial charge on any atom is -0.454 e. The molecule has 0 bridgehead atoms. The molecule has 0 saturated carbocycles. The van der Waals surface area contributed by atoms with Crippen LogP contribution in [0.3, 0.4) is 0 Å². The first-order valence-corrected chi connectivity index (χ1v) is 9.85. The first kappa shape index (κ1) is 19.7. The Balaban J connectivity index is 1.24. The smallest absolute Gasteiger partial charge is 0.237 e. The second kappa shape index (κ2) is 8.81. The number of hydrogen-bond acceptors (Lipinski definition) is 7. The van der Waals surface area contributed by atoms with Gasteiger partial charge in [-0.3, -0.25) is 9.36 Å². The van der Waals surface area contributed by atoms with Gasteiger partial charge in [-0.25, -0.2) is 9.97 Å². The summed E-state index contributed by atoms with van der Waals surface area (Å²) in [4.78, 5) is 25.2. The van der Waals surface area contributed by atoms with Gasteiger partial charge in [0.15, 0.2) is 11.5 Å². The van der Waals surface area contributed by atoms with Crippen LogP contribution in [0.1, 0.15) is 37.1 Å². The van der Waals surface area contributed by atoms with Gasteiger partial charge in [0.05, 0.1) is 6.04 Å². The highest BCUT2D eigenvalue weighted by atomic mass is 16.7. The molecule has 156 valence electrons. The van der Waals surface area contributed by atoms with Crippen molar-refractivity contribution in [2.45, 2.75) is 32.7 Å². The summed E-state index contributed by atoms with van der Waals surface area (Å²) in [7, 11) is 0. The maximum atomic E-state index is 12.3. The number of aryl methyl sites for hydroxylation is 1. The van der Waals surface area contributed by atoms with E-state index in [1.807, 2.05) is 38.1 Å². The fourth-order valence-electron chi connectivity index (χ4n) is 3.18. The van der Waals surface area contributed by atoms with Crippen molar-refractivity contribution in [3.63, 3.8) is 0 Å². The second-order valence-electron chi connectivity index (χ2n) is 7.10. The van der Waals surface area contributed by atoms with Gasteiger partial charge in [-0.05, 0) is 38.0 Å². The van der Waals surface area contributed by atoms with Crippen molar-refractivity contribution in [1.82, 2.24) is 24.8 Å². The molecule has 1 aliphatic rings. The molecule has 1 unspecified atom stereocenters. The van der Waals surface area contributed by atoms with Crippen molar-refractivity contribution < 1.29 is 14.3 Å². The third kappa shape index (κ3) is 4.68. The Bertz CT molecular complexity index is 1020. The van der Waals surface area contributed by atoms with Crippen LogP contribution in [0.4, 0.5) is 5.82 Å². The van der Waals surface area contributed by atoms with Crippen LogP contribution in [0, 0.1) is 6.92 Å². The number of nitrogens with one attached hydrogen (secondary N) is 2. The van der Waals surface area contributed by atoms with E-state index in [1.54, 1.807) is 23.3 Å². The molecule has 9 nitrogen and oxygen atoms in total. The van der Waals surface area contributed by atoms with E-state index in [4.69, 9.17) is 9.47 Å². The quantitative estimate of drug-likeness (QED) is 0.553. The summed E-state index contributed by atoms with van der Waals surface area (Å²) in [5.74, 6) is 2.73. The van der Waals surface area contributed by atoms with Gasteiger partial charge in [-0.1, -0.05) is 6.07 Å². The summed E-state index contributed by atoms with van der Waals surface area (Å²) >= 11 is 0. The molecule has 2 N–H and O–H groups in total. The number of carbonyl (C=O) groups is 1. The summed E-state index contributed by atoms with van der Waals surface area (Å²) in [5, 5.41) is 6.28. The van der Waals surface area contributed by atoms with Gasteiger partial charge in [0.1, 0.15) is 12.1 Å². The predicted molar refractivity (Wildman–Crippen MR) is 111 cm³/mol. The molecule has 4 rings (SSSR count). The van der Waals surface area contributed by atoms with Gasteiger partial charge in [0, 0.05) is 37.1 Å². The minimum absolute atomic E-state index is 0.0000561. The Kier molecular flexibility index (Phi) is 5.78. The molecule has 3 heterocycles. The number of aromatic nitrogens is 4. The Morgan fingerprint density at radius 2 is 2.10 bits per heavy atom. The average Bonchev–Trinajstić information content (AvgIpc) is 3.42. The summed E-state index contributed by atoms with van der Waals surface area (Å²) in [5.41, 5.74) is 1.83. The van der Waals surface area contributed by atoms with Crippen molar-refractivity contribution >= 4 is 11.7 Å². The van der Waals surface area contributed by atoms with Crippen molar-refractivity contribution in [1.29, 1.82) is 0 Å². The zero-order valence-corrected chi connectivity index (χ0v) is 17.0. The van der Waals surface area contributed by atoms with E-state index in [9.17, 15) is 4.79 Å². The van der Waals surface area contributed by atoms with Crippen LogP contribution >= 0.6 is 0 Å². The van der Waals surface area contributed by atoms with E-state index < -0.39 is 0 Å². The lowest BCUT2D eigenvalue weighted by Crippen LogP contribution is -2.26. The van der Waals surface area contributed by atoms with Crippen molar-refractivity contribution in [3.05, 3.63) is 54.2 Å². The number of rotatable bonds is 8. The number of ether oxygens (including phenoxy) is 2. The lowest BCUT2D eigenvalue weighted by molar-refractivity contribution is -0.121. The Hall–Kier alpha value is -3.62. The van der Waals surface area contributed by atoms with Crippen LogP contribution in [-0.2, 0) is 4.79 Å². The van der Waals surface area contributed by atoms with E-state index in [0.29, 0.717) is 31.1 Å². The zero-order chi connectivity index (χ0) is 20.9. The molecule has 3 aromatic rings. The average molecular weight is 408 g/mol.